The molecule has 3 fully saturated rings. The largest absolute Gasteiger partial charge is 0.369 e. The normalized spacial score (nSPS) is 38.4. The van der Waals surface area contributed by atoms with E-state index in [0.29, 0.717) is 6.61 Å². The molecule has 0 aliphatic carbocycles. The first-order chi connectivity index (χ1) is 11.3. The number of hydrogen-bond acceptors (Lipinski definition) is 5. The Bertz CT molecular complexity index is 701. The third kappa shape index (κ3) is 2.18. The van der Waals surface area contributed by atoms with E-state index in [1.807, 2.05) is 12.1 Å². The van der Waals surface area contributed by atoms with Gasteiger partial charge in [0.15, 0.2) is 10.5 Å². The van der Waals surface area contributed by atoms with Gasteiger partial charge in [-0.25, -0.2) is 0 Å². The second-order valence-electron chi connectivity index (χ2n) is 6.00. The Kier molecular flexibility index (Phi) is 3.29. The highest BCUT2D eigenvalue weighted by atomic mass is 33.1. The minimum Gasteiger partial charge on any atom is -0.369 e. The molecule has 0 aromatic heterocycles. The van der Waals surface area contributed by atoms with Crippen molar-refractivity contribution in [3.05, 3.63) is 71.8 Å². The van der Waals surface area contributed by atoms with Crippen molar-refractivity contribution in [1.29, 1.82) is 0 Å². The van der Waals surface area contributed by atoms with Crippen molar-refractivity contribution in [2.24, 2.45) is 0 Å². The van der Waals surface area contributed by atoms with Gasteiger partial charge in [0.05, 0.1) is 13.2 Å². The maximum atomic E-state index is 6.62. The molecule has 4 atom stereocenters. The van der Waals surface area contributed by atoms with Crippen LogP contribution in [-0.4, -0.2) is 24.8 Å². The number of rotatable bonds is 4. The molecule has 3 heterocycles. The lowest BCUT2D eigenvalue weighted by molar-refractivity contribution is -0.0518. The van der Waals surface area contributed by atoms with E-state index in [2.05, 4.69) is 48.5 Å². The van der Waals surface area contributed by atoms with Gasteiger partial charge >= 0.3 is 0 Å². The molecule has 0 spiro atoms. The molecule has 3 aliphatic heterocycles. The highest BCUT2D eigenvalue weighted by Gasteiger charge is 2.69. The third-order valence-corrected chi connectivity index (χ3v) is 7.71. The van der Waals surface area contributed by atoms with E-state index in [-0.39, 0.29) is 11.5 Å². The predicted molar refractivity (Wildman–Crippen MR) is 92.0 cm³/mol. The van der Waals surface area contributed by atoms with Crippen molar-refractivity contribution in [2.45, 2.75) is 22.1 Å². The molecule has 0 amide bonds. The van der Waals surface area contributed by atoms with Crippen LogP contribution in [0.15, 0.2) is 60.7 Å². The SMILES string of the molecule is c1ccc(C2(C3(c4ccccc4)OC(C4CO4)SS3)CO2)cc1. The number of benzene rings is 2. The number of epoxide rings is 2. The molecule has 0 N–H and O–H groups in total. The van der Waals surface area contributed by atoms with Crippen LogP contribution in [0.2, 0.25) is 0 Å². The van der Waals surface area contributed by atoms with E-state index < -0.39 is 10.5 Å². The van der Waals surface area contributed by atoms with Gasteiger partial charge in [-0.2, -0.15) is 0 Å². The summed E-state index contributed by atoms with van der Waals surface area (Å²) >= 11 is 0. The molecule has 2 aromatic rings. The maximum absolute atomic E-state index is 6.62. The molecule has 4 unspecified atom stereocenters. The minimum absolute atomic E-state index is 0.0602. The molecule has 5 rings (SSSR count). The zero-order valence-corrected chi connectivity index (χ0v) is 14.0. The molecule has 0 bridgehead atoms. The van der Waals surface area contributed by atoms with Crippen LogP contribution in [-0.2, 0) is 24.7 Å². The molecule has 3 nitrogen and oxygen atoms in total. The van der Waals surface area contributed by atoms with Crippen LogP contribution in [0.3, 0.4) is 0 Å². The van der Waals surface area contributed by atoms with E-state index in [9.17, 15) is 0 Å². The first kappa shape index (κ1) is 14.4. The topological polar surface area (TPSA) is 34.3 Å². The van der Waals surface area contributed by atoms with Crippen molar-refractivity contribution in [2.75, 3.05) is 13.2 Å². The fourth-order valence-corrected chi connectivity index (χ4v) is 6.66. The highest BCUT2D eigenvalue weighted by molar-refractivity contribution is 8.77. The summed E-state index contributed by atoms with van der Waals surface area (Å²) in [6, 6.07) is 20.9. The summed E-state index contributed by atoms with van der Waals surface area (Å²) in [5.41, 5.74) is 1.97. The Balaban J connectivity index is 1.61. The quantitative estimate of drug-likeness (QED) is 0.621. The minimum atomic E-state index is -0.531. The first-order valence-corrected chi connectivity index (χ1v) is 9.94. The molecule has 2 aromatic carbocycles. The van der Waals surface area contributed by atoms with Crippen molar-refractivity contribution in [3.8, 4) is 0 Å². The van der Waals surface area contributed by atoms with Crippen LogP contribution < -0.4 is 0 Å². The number of hydrogen-bond donors (Lipinski definition) is 0. The lowest BCUT2D eigenvalue weighted by Crippen LogP contribution is -2.39. The van der Waals surface area contributed by atoms with E-state index in [1.54, 1.807) is 21.6 Å². The van der Waals surface area contributed by atoms with Crippen LogP contribution in [0.1, 0.15) is 11.1 Å². The summed E-state index contributed by atoms with van der Waals surface area (Å²) in [5.74, 6) is 0. The van der Waals surface area contributed by atoms with Gasteiger partial charge < -0.3 is 14.2 Å². The molecule has 3 aliphatic rings. The fourth-order valence-electron chi connectivity index (χ4n) is 3.16. The smallest absolute Gasteiger partial charge is 0.185 e. The fraction of sp³-hybridized carbons (Fsp3) is 0.333. The van der Waals surface area contributed by atoms with Crippen LogP contribution in [0.25, 0.3) is 0 Å². The Morgan fingerprint density at radius 1 is 0.913 bits per heavy atom. The van der Waals surface area contributed by atoms with Gasteiger partial charge in [0.2, 0.25) is 0 Å². The highest BCUT2D eigenvalue weighted by Crippen LogP contribution is 2.68. The summed E-state index contributed by atoms with van der Waals surface area (Å²) in [5, 5.41) is 0. The summed E-state index contributed by atoms with van der Waals surface area (Å²) in [4.78, 5) is -0.531. The molecular formula is C18H16O3S2. The van der Waals surface area contributed by atoms with Crippen molar-refractivity contribution in [3.63, 3.8) is 0 Å². The molecule has 5 heteroatoms. The maximum Gasteiger partial charge on any atom is 0.185 e. The van der Waals surface area contributed by atoms with E-state index >= 15 is 0 Å². The Hall–Kier alpha value is -0.980. The predicted octanol–water partition coefficient (Wildman–Crippen LogP) is 3.90. The van der Waals surface area contributed by atoms with E-state index in [4.69, 9.17) is 14.2 Å². The van der Waals surface area contributed by atoms with Gasteiger partial charge in [-0.05, 0) is 21.9 Å². The van der Waals surface area contributed by atoms with Crippen molar-refractivity contribution >= 4 is 21.6 Å². The number of ether oxygens (including phenoxy) is 3. The second kappa shape index (κ2) is 5.26. The Labute approximate surface area is 143 Å². The molecule has 0 saturated carbocycles. The zero-order valence-electron chi connectivity index (χ0n) is 12.4. The van der Waals surface area contributed by atoms with Gasteiger partial charge in [0.25, 0.3) is 0 Å². The lowest BCUT2D eigenvalue weighted by Gasteiger charge is -2.34. The van der Waals surface area contributed by atoms with E-state index in [1.165, 1.54) is 5.56 Å². The molecule has 23 heavy (non-hydrogen) atoms. The third-order valence-electron chi connectivity index (χ3n) is 4.56. The summed E-state index contributed by atoms with van der Waals surface area (Å²) in [6.45, 7) is 1.47. The molecular weight excluding hydrogens is 328 g/mol. The molecule has 3 saturated heterocycles. The Morgan fingerprint density at radius 2 is 1.52 bits per heavy atom. The van der Waals surface area contributed by atoms with Crippen LogP contribution in [0, 0.1) is 0 Å². The van der Waals surface area contributed by atoms with Crippen LogP contribution in [0.4, 0.5) is 0 Å². The Morgan fingerprint density at radius 3 is 2.09 bits per heavy atom. The van der Waals surface area contributed by atoms with Crippen LogP contribution in [0.5, 0.6) is 0 Å². The lowest BCUT2D eigenvalue weighted by atomic mass is 9.88. The standard InChI is InChI=1S/C18H16O3S2/c1-3-7-13(8-4-1)17(12-20-17)18(14-9-5-2-6-10-14)21-16(22-23-18)15-11-19-15/h1-10,15-16H,11-12H2. The monoisotopic (exact) mass is 344 g/mol. The van der Waals surface area contributed by atoms with Gasteiger partial charge in [0.1, 0.15) is 11.5 Å². The van der Waals surface area contributed by atoms with Gasteiger partial charge in [0, 0.05) is 0 Å². The summed E-state index contributed by atoms with van der Waals surface area (Å²) in [6.07, 6.45) is 0.213. The van der Waals surface area contributed by atoms with Crippen molar-refractivity contribution in [1.82, 2.24) is 0 Å². The van der Waals surface area contributed by atoms with Crippen LogP contribution >= 0.6 is 21.6 Å². The average molecular weight is 344 g/mol. The molecule has 0 radical (unpaired) electrons. The summed E-state index contributed by atoms with van der Waals surface area (Å²) < 4.78 is 18.1. The van der Waals surface area contributed by atoms with E-state index in [0.717, 1.165) is 12.2 Å². The average Bonchev–Trinajstić information content (AvgIpc) is 3.55. The molecule has 118 valence electrons. The van der Waals surface area contributed by atoms with Crippen molar-refractivity contribution < 1.29 is 14.2 Å². The summed E-state index contributed by atoms with van der Waals surface area (Å²) in [7, 11) is 3.54. The first-order valence-electron chi connectivity index (χ1n) is 7.73. The second-order valence-corrected chi connectivity index (χ2v) is 8.48. The van der Waals surface area contributed by atoms with Gasteiger partial charge in [-0.3, -0.25) is 0 Å². The zero-order chi connectivity index (χ0) is 15.3. The van der Waals surface area contributed by atoms with Gasteiger partial charge in [-0.15, -0.1) is 0 Å². The van der Waals surface area contributed by atoms with Gasteiger partial charge in [-0.1, -0.05) is 71.5 Å².